The van der Waals surface area contributed by atoms with Crippen LogP contribution >= 0.6 is 15.9 Å². The van der Waals surface area contributed by atoms with Crippen LogP contribution in [-0.2, 0) is 19.2 Å². The number of halogens is 1. The van der Waals surface area contributed by atoms with E-state index in [9.17, 15) is 19.2 Å². The number of carboxylic acid groups (broad SMARTS) is 1. The number of aliphatic carboxylic acids is 1. The number of alkyl halides is 1. The molecule has 1 atom stereocenters. The smallest absolute Gasteiger partial charge is 0.303 e. The summed E-state index contributed by atoms with van der Waals surface area (Å²) in [6.45, 7) is -0.248. The van der Waals surface area contributed by atoms with Gasteiger partial charge in [0.1, 0.15) is 6.29 Å². The molecule has 7 nitrogen and oxygen atoms in total. The number of rotatable bonds is 8. The molecule has 0 aliphatic rings. The lowest BCUT2D eigenvalue weighted by molar-refractivity contribution is -0.137. The van der Waals surface area contributed by atoms with Crippen LogP contribution in [0.2, 0.25) is 0 Å². The summed E-state index contributed by atoms with van der Waals surface area (Å²) in [7, 11) is 0. The Bertz CT molecular complexity index is 308. The fourth-order valence-corrected chi connectivity index (χ4v) is 1.14. The third-order valence-electron chi connectivity index (χ3n) is 1.75. The number of hydrogen-bond donors (Lipinski definition) is 3. The van der Waals surface area contributed by atoms with Gasteiger partial charge in [-0.05, 0) is 6.42 Å². The van der Waals surface area contributed by atoms with E-state index in [1.807, 2.05) is 0 Å². The average Bonchev–Trinajstić information content (AvgIpc) is 2.30. The SMILES string of the molecule is O=CC(CCC(=O)O)NC(=O)CNC(=O)CBr. The van der Waals surface area contributed by atoms with E-state index in [4.69, 9.17) is 5.11 Å². The molecule has 3 N–H and O–H groups in total. The molecule has 0 saturated carbocycles. The van der Waals surface area contributed by atoms with Gasteiger partial charge in [-0.3, -0.25) is 14.4 Å². The van der Waals surface area contributed by atoms with Crippen molar-refractivity contribution in [2.75, 3.05) is 11.9 Å². The molecule has 0 heterocycles. The van der Waals surface area contributed by atoms with E-state index in [2.05, 4.69) is 26.6 Å². The van der Waals surface area contributed by atoms with Crippen LogP contribution < -0.4 is 10.6 Å². The van der Waals surface area contributed by atoms with Crippen LogP contribution in [0.1, 0.15) is 12.8 Å². The molecule has 2 amide bonds. The van der Waals surface area contributed by atoms with Gasteiger partial charge in [0.25, 0.3) is 0 Å². The van der Waals surface area contributed by atoms with E-state index in [-0.39, 0.29) is 30.6 Å². The largest absolute Gasteiger partial charge is 0.481 e. The lowest BCUT2D eigenvalue weighted by Crippen LogP contribution is -2.43. The predicted molar refractivity (Wildman–Crippen MR) is 61.7 cm³/mol. The molecule has 0 saturated heterocycles. The second kappa shape index (κ2) is 8.68. The van der Waals surface area contributed by atoms with E-state index in [1.165, 1.54) is 0 Å². The fourth-order valence-electron chi connectivity index (χ4n) is 0.937. The molecule has 1 unspecified atom stereocenters. The van der Waals surface area contributed by atoms with Gasteiger partial charge in [-0.25, -0.2) is 0 Å². The Morgan fingerprint density at radius 3 is 2.41 bits per heavy atom. The van der Waals surface area contributed by atoms with Crippen molar-refractivity contribution in [1.29, 1.82) is 0 Å². The quantitative estimate of drug-likeness (QED) is 0.395. The number of carbonyl (C=O) groups excluding carboxylic acids is 3. The van der Waals surface area contributed by atoms with Crippen LogP contribution in [0.15, 0.2) is 0 Å². The van der Waals surface area contributed by atoms with Crippen LogP contribution in [0, 0.1) is 0 Å². The average molecular weight is 309 g/mol. The van der Waals surface area contributed by atoms with Gasteiger partial charge in [-0.1, -0.05) is 15.9 Å². The number of carboxylic acids is 1. The summed E-state index contributed by atoms with van der Waals surface area (Å²) >= 11 is 2.91. The van der Waals surface area contributed by atoms with Crippen LogP contribution in [-0.4, -0.2) is 47.1 Å². The van der Waals surface area contributed by atoms with E-state index in [0.717, 1.165) is 0 Å². The molecule has 0 radical (unpaired) electrons. The molecule has 0 aromatic carbocycles. The van der Waals surface area contributed by atoms with Crippen LogP contribution in [0.3, 0.4) is 0 Å². The number of aldehydes is 1. The zero-order chi connectivity index (χ0) is 13.3. The first-order chi connectivity index (χ1) is 7.99. The Balaban J connectivity index is 3.93. The van der Waals surface area contributed by atoms with Crippen LogP contribution in [0.5, 0.6) is 0 Å². The first-order valence-electron chi connectivity index (χ1n) is 4.78. The zero-order valence-corrected chi connectivity index (χ0v) is 10.5. The van der Waals surface area contributed by atoms with Gasteiger partial charge in [-0.15, -0.1) is 0 Å². The van der Waals surface area contributed by atoms with Crippen molar-refractivity contribution in [3.63, 3.8) is 0 Å². The zero-order valence-electron chi connectivity index (χ0n) is 8.94. The van der Waals surface area contributed by atoms with Gasteiger partial charge in [0.2, 0.25) is 11.8 Å². The molecular weight excluding hydrogens is 296 g/mol. The van der Waals surface area contributed by atoms with E-state index in [1.54, 1.807) is 0 Å². The second-order valence-electron chi connectivity index (χ2n) is 3.15. The molecule has 17 heavy (non-hydrogen) atoms. The standard InChI is InChI=1S/C9H13BrN2O5/c10-3-7(14)11-4-8(15)12-6(5-13)1-2-9(16)17/h5-6H,1-4H2,(H,11,14)(H,12,15)(H,16,17). The van der Waals surface area contributed by atoms with Crippen LogP contribution in [0.4, 0.5) is 0 Å². The lowest BCUT2D eigenvalue weighted by atomic mass is 10.2. The maximum atomic E-state index is 11.2. The van der Waals surface area contributed by atoms with Crippen LogP contribution in [0.25, 0.3) is 0 Å². The van der Waals surface area contributed by atoms with Crippen molar-refractivity contribution < 1.29 is 24.3 Å². The van der Waals surface area contributed by atoms with Gasteiger partial charge < -0.3 is 20.5 Å². The minimum atomic E-state index is -1.04. The Hall–Kier alpha value is -1.44. The third kappa shape index (κ3) is 8.38. The molecule has 0 fully saturated rings. The molecule has 0 aromatic rings. The van der Waals surface area contributed by atoms with Gasteiger partial charge in [-0.2, -0.15) is 0 Å². The van der Waals surface area contributed by atoms with Crippen molar-refractivity contribution in [3.05, 3.63) is 0 Å². The normalized spacial score (nSPS) is 11.4. The molecule has 8 heteroatoms. The van der Waals surface area contributed by atoms with Gasteiger partial charge in [0, 0.05) is 6.42 Å². The fraction of sp³-hybridized carbons (Fsp3) is 0.556. The highest BCUT2D eigenvalue weighted by molar-refractivity contribution is 9.09. The summed E-state index contributed by atoms with van der Waals surface area (Å²) in [6.07, 6.45) is 0.279. The first-order valence-corrected chi connectivity index (χ1v) is 5.90. The highest BCUT2D eigenvalue weighted by Crippen LogP contribution is 1.94. The number of hydrogen-bond acceptors (Lipinski definition) is 4. The minimum absolute atomic E-state index is 0.0248. The van der Waals surface area contributed by atoms with Crippen molar-refractivity contribution >= 4 is 40.0 Å². The Morgan fingerprint density at radius 1 is 1.29 bits per heavy atom. The van der Waals surface area contributed by atoms with Gasteiger partial charge in [0.15, 0.2) is 0 Å². The summed E-state index contributed by atoms with van der Waals surface area (Å²) in [5, 5.41) is 13.1. The van der Waals surface area contributed by atoms with Crippen molar-refractivity contribution in [2.24, 2.45) is 0 Å². The maximum Gasteiger partial charge on any atom is 0.303 e. The molecule has 96 valence electrons. The number of carbonyl (C=O) groups is 4. The number of amides is 2. The monoisotopic (exact) mass is 308 g/mol. The molecule has 0 aliphatic heterocycles. The highest BCUT2D eigenvalue weighted by Gasteiger charge is 2.13. The molecule has 0 rings (SSSR count). The van der Waals surface area contributed by atoms with Crippen molar-refractivity contribution in [3.8, 4) is 0 Å². The highest BCUT2D eigenvalue weighted by atomic mass is 79.9. The Morgan fingerprint density at radius 2 is 1.94 bits per heavy atom. The maximum absolute atomic E-state index is 11.2. The minimum Gasteiger partial charge on any atom is -0.481 e. The molecular formula is C9H13BrN2O5. The summed E-state index contributed by atoms with van der Waals surface area (Å²) in [5.41, 5.74) is 0. The van der Waals surface area contributed by atoms with E-state index < -0.39 is 17.9 Å². The summed E-state index contributed by atoms with van der Waals surface area (Å²) in [5.74, 6) is -1.94. The van der Waals surface area contributed by atoms with Crippen molar-refractivity contribution in [1.82, 2.24) is 10.6 Å². The predicted octanol–water partition coefficient (Wildman–Crippen LogP) is -0.954. The van der Waals surface area contributed by atoms with E-state index in [0.29, 0.717) is 6.29 Å². The molecule has 0 aromatic heterocycles. The lowest BCUT2D eigenvalue weighted by Gasteiger charge is -2.11. The number of nitrogens with one attached hydrogen (secondary N) is 2. The van der Waals surface area contributed by atoms with E-state index >= 15 is 0 Å². The topological polar surface area (TPSA) is 113 Å². The Labute approximate surface area is 106 Å². The Kier molecular flexibility index (Phi) is 7.95. The summed E-state index contributed by atoms with van der Waals surface area (Å²) in [4.78, 5) is 42.8. The molecule has 0 aliphatic carbocycles. The van der Waals surface area contributed by atoms with Crippen molar-refractivity contribution in [2.45, 2.75) is 18.9 Å². The van der Waals surface area contributed by atoms with Gasteiger partial charge in [0.05, 0.1) is 17.9 Å². The first kappa shape index (κ1) is 15.6. The summed E-state index contributed by atoms with van der Waals surface area (Å²) < 4.78 is 0. The van der Waals surface area contributed by atoms with Gasteiger partial charge >= 0.3 is 5.97 Å². The summed E-state index contributed by atoms with van der Waals surface area (Å²) in [6, 6.07) is -0.848. The molecule has 0 bridgehead atoms. The third-order valence-corrected chi connectivity index (χ3v) is 2.26. The second-order valence-corrected chi connectivity index (χ2v) is 3.71. The molecule has 0 spiro atoms.